The Kier molecular flexibility index (Phi) is 4.74. The van der Waals surface area contributed by atoms with E-state index in [4.69, 9.17) is 5.73 Å². The molecular formula is C11H12F3N3O2. The quantitative estimate of drug-likeness (QED) is 0.765. The highest BCUT2D eigenvalue weighted by atomic mass is 19.4. The fourth-order valence-corrected chi connectivity index (χ4v) is 1.29. The average molecular weight is 275 g/mol. The fourth-order valence-electron chi connectivity index (χ4n) is 1.29. The monoisotopic (exact) mass is 275 g/mol. The summed E-state index contributed by atoms with van der Waals surface area (Å²) in [7, 11) is 0. The first kappa shape index (κ1) is 14.8. The Balaban J connectivity index is 2.54. The molecule has 0 saturated heterocycles. The van der Waals surface area contributed by atoms with Crippen LogP contribution in [0, 0.1) is 0 Å². The molecule has 3 amide bonds. The van der Waals surface area contributed by atoms with Gasteiger partial charge in [0.15, 0.2) is 0 Å². The third-order valence-corrected chi connectivity index (χ3v) is 2.17. The third-order valence-electron chi connectivity index (χ3n) is 2.17. The van der Waals surface area contributed by atoms with Crippen LogP contribution in [0.2, 0.25) is 0 Å². The summed E-state index contributed by atoms with van der Waals surface area (Å²) in [5, 5.41) is 4.42. The molecule has 0 aliphatic rings. The number of amides is 3. The van der Waals surface area contributed by atoms with Crippen molar-refractivity contribution in [2.45, 2.75) is 12.7 Å². The van der Waals surface area contributed by atoms with Crippen LogP contribution in [-0.2, 0) is 17.5 Å². The van der Waals surface area contributed by atoms with E-state index in [2.05, 4.69) is 10.6 Å². The number of rotatable bonds is 4. The van der Waals surface area contributed by atoms with Gasteiger partial charge in [0, 0.05) is 6.54 Å². The molecule has 0 unspecified atom stereocenters. The summed E-state index contributed by atoms with van der Waals surface area (Å²) < 4.78 is 37.3. The van der Waals surface area contributed by atoms with Crippen molar-refractivity contribution in [1.29, 1.82) is 0 Å². The molecule has 0 aliphatic heterocycles. The van der Waals surface area contributed by atoms with Crippen LogP contribution >= 0.6 is 0 Å². The van der Waals surface area contributed by atoms with Gasteiger partial charge >= 0.3 is 12.2 Å². The van der Waals surface area contributed by atoms with E-state index in [0.29, 0.717) is 5.56 Å². The molecule has 1 rings (SSSR count). The molecule has 1 aromatic carbocycles. The number of urea groups is 1. The van der Waals surface area contributed by atoms with E-state index in [1.807, 2.05) is 0 Å². The smallest absolute Gasteiger partial charge is 0.352 e. The summed E-state index contributed by atoms with van der Waals surface area (Å²) in [5.41, 5.74) is 4.29. The number of alkyl halides is 3. The van der Waals surface area contributed by atoms with Gasteiger partial charge in [-0.15, -0.1) is 0 Å². The molecule has 19 heavy (non-hydrogen) atoms. The van der Waals surface area contributed by atoms with Gasteiger partial charge in [0.25, 0.3) is 0 Å². The van der Waals surface area contributed by atoms with E-state index >= 15 is 0 Å². The van der Waals surface area contributed by atoms with Crippen molar-refractivity contribution >= 4 is 11.9 Å². The van der Waals surface area contributed by atoms with E-state index in [-0.39, 0.29) is 13.1 Å². The maximum Gasteiger partial charge on any atom is 0.416 e. The molecular weight excluding hydrogens is 263 g/mol. The normalized spacial score (nSPS) is 10.9. The molecule has 0 aliphatic carbocycles. The van der Waals surface area contributed by atoms with Gasteiger partial charge in [0.2, 0.25) is 5.91 Å². The lowest BCUT2D eigenvalue weighted by Gasteiger charge is -2.09. The standard InChI is InChI=1S/C11H12F3N3O2/c12-11(13,14)8-3-1-2-7(4-8)5-16-9(18)6-17-10(15)19/h1-4H,5-6H2,(H,16,18)(H3,15,17,19). The number of nitrogens with two attached hydrogens (primary N) is 1. The molecule has 8 heteroatoms. The van der Waals surface area contributed by atoms with Gasteiger partial charge in [-0.3, -0.25) is 4.79 Å². The van der Waals surface area contributed by atoms with Crippen LogP contribution in [0.3, 0.4) is 0 Å². The van der Waals surface area contributed by atoms with Crippen molar-refractivity contribution in [2.75, 3.05) is 6.54 Å². The number of halogens is 3. The topological polar surface area (TPSA) is 84.2 Å². The number of primary amides is 1. The first-order valence-electron chi connectivity index (χ1n) is 5.25. The molecule has 0 aromatic heterocycles. The van der Waals surface area contributed by atoms with Gasteiger partial charge < -0.3 is 16.4 Å². The van der Waals surface area contributed by atoms with Gasteiger partial charge in [0.05, 0.1) is 12.1 Å². The zero-order valence-corrected chi connectivity index (χ0v) is 9.75. The van der Waals surface area contributed by atoms with Crippen molar-refractivity contribution in [2.24, 2.45) is 5.73 Å². The molecule has 0 heterocycles. The van der Waals surface area contributed by atoms with Crippen molar-refractivity contribution in [3.63, 3.8) is 0 Å². The third kappa shape index (κ3) is 5.28. The van der Waals surface area contributed by atoms with Gasteiger partial charge in [-0.1, -0.05) is 12.1 Å². The lowest BCUT2D eigenvalue weighted by Crippen LogP contribution is -2.39. The molecule has 0 fully saturated rings. The molecule has 5 nitrogen and oxygen atoms in total. The minimum atomic E-state index is -4.42. The van der Waals surface area contributed by atoms with E-state index in [1.54, 1.807) is 0 Å². The number of carbonyl (C=O) groups is 2. The predicted molar refractivity (Wildman–Crippen MR) is 60.9 cm³/mol. The first-order valence-corrected chi connectivity index (χ1v) is 5.25. The maximum absolute atomic E-state index is 12.4. The van der Waals surface area contributed by atoms with Gasteiger partial charge in [0.1, 0.15) is 0 Å². The highest BCUT2D eigenvalue weighted by Gasteiger charge is 2.30. The molecule has 0 radical (unpaired) electrons. The maximum atomic E-state index is 12.4. The first-order chi connectivity index (χ1) is 8.79. The van der Waals surface area contributed by atoms with E-state index in [9.17, 15) is 22.8 Å². The summed E-state index contributed by atoms with van der Waals surface area (Å²) in [6.07, 6.45) is -4.42. The summed E-state index contributed by atoms with van der Waals surface area (Å²) in [4.78, 5) is 21.5. The summed E-state index contributed by atoms with van der Waals surface area (Å²) in [6.45, 7) is -0.391. The largest absolute Gasteiger partial charge is 0.416 e. The molecule has 0 bridgehead atoms. The zero-order valence-electron chi connectivity index (χ0n) is 9.75. The Morgan fingerprint density at radius 3 is 2.47 bits per heavy atom. The van der Waals surface area contributed by atoms with Gasteiger partial charge in [-0.2, -0.15) is 13.2 Å². The molecule has 1 aromatic rings. The average Bonchev–Trinajstić information content (AvgIpc) is 2.33. The lowest BCUT2D eigenvalue weighted by atomic mass is 10.1. The van der Waals surface area contributed by atoms with Crippen molar-refractivity contribution in [1.82, 2.24) is 10.6 Å². The van der Waals surface area contributed by atoms with Crippen molar-refractivity contribution in [3.8, 4) is 0 Å². The highest BCUT2D eigenvalue weighted by Crippen LogP contribution is 2.29. The molecule has 0 saturated carbocycles. The van der Waals surface area contributed by atoms with Crippen LogP contribution in [0.4, 0.5) is 18.0 Å². The van der Waals surface area contributed by atoms with E-state index < -0.39 is 23.7 Å². The Morgan fingerprint density at radius 2 is 1.89 bits per heavy atom. The van der Waals surface area contributed by atoms with Gasteiger partial charge in [-0.25, -0.2) is 4.79 Å². The van der Waals surface area contributed by atoms with E-state index in [1.165, 1.54) is 12.1 Å². The van der Waals surface area contributed by atoms with Crippen molar-refractivity contribution in [3.05, 3.63) is 35.4 Å². The Bertz CT molecular complexity index is 474. The molecule has 0 spiro atoms. The van der Waals surface area contributed by atoms with Crippen LogP contribution in [0.25, 0.3) is 0 Å². The van der Waals surface area contributed by atoms with Crippen molar-refractivity contribution < 1.29 is 22.8 Å². The van der Waals surface area contributed by atoms with E-state index in [0.717, 1.165) is 12.1 Å². The number of hydrogen-bond acceptors (Lipinski definition) is 2. The van der Waals surface area contributed by atoms with Crippen LogP contribution in [0.1, 0.15) is 11.1 Å². The highest BCUT2D eigenvalue weighted by molar-refractivity contribution is 5.83. The fraction of sp³-hybridized carbons (Fsp3) is 0.273. The Hall–Kier alpha value is -2.25. The second-order valence-corrected chi connectivity index (χ2v) is 3.69. The molecule has 4 N–H and O–H groups in total. The molecule has 104 valence electrons. The zero-order chi connectivity index (χ0) is 14.5. The second-order valence-electron chi connectivity index (χ2n) is 3.69. The predicted octanol–water partition coefficient (Wildman–Crippen LogP) is 0.990. The minimum Gasteiger partial charge on any atom is -0.352 e. The SMILES string of the molecule is NC(=O)NCC(=O)NCc1cccc(C(F)(F)F)c1. The molecule has 0 atom stereocenters. The lowest BCUT2D eigenvalue weighted by molar-refractivity contribution is -0.137. The number of benzene rings is 1. The van der Waals surface area contributed by atoms with Crippen LogP contribution < -0.4 is 16.4 Å². The Labute approximate surface area is 107 Å². The van der Waals surface area contributed by atoms with Crippen LogP contribution in [-0.4, -0.2) is 18.5 Å². The number of carbonyl (C=O) groups excluding carboxylic acids is 2. The summed E-state index contributed by atoms with van der Waals surface area (Å²) >= 11 is 0. The second kappa shape index (κ2) is 6.07. The summed E-state index contributed by atoms with van der Waals surface area (Å²) in [6, 6.07) is 3.75. The summed E-state index contributed by atoms with van der Waals surface area (Å²) in [5.74, 6) is -0.545. The van der Waals surface area contributed by atoms with Gasteiger partial charge in [-0.05, 0) is 17.7 Å². The van der Waals surface area contributed by atoms with Crippen LogP contribution in [0.15, 0.2) is 24.3 Å². The number of nitrogens with one attached hydrogen (secondary N) is 2. The number of hydrogen-bond donors (Lipinski definition) is 3. The minimum absolute atomic E-state index is 0.0663. The van der Waals surface area contributed by atoms with Crippen LogP contribution in [0.5, 0.6) is 0 Å². The Morgan fingerprint density at radius 1 is 1.21 bits per heavy atom.